The highest BCUT2D eigenvalue weighted by molar-refractivity contribution is 5.71. The largest absolute Gasteiger partial charge is 0.508 e. The van der Waals surface area contributed by atoms with Gasteiger partial charge in [-0.25, -0.2) is 9.97 Å². The molecule has 4 rings (SSSR count). The molecule has 0 spiro atoms. The van der Waals surface area contributed by atoms with Crippen LogP contribution in [0.1, 0.15) is 43.6 Å². The number of hydrogen-bond acceptors (Lipinski definition) is 5. The summed E-state index contributed by atoms with van der Waals surface area (Å²) in [4.78, 5) is 11.9. The zero-order valence-electron chi connectivity index (χ0n) is 17.3. The van der Waals surface area contributed by atoms with Gasteiger partial charge in [0.25, 0.3) is 0 Å². The SMILES string of the molecule is COCc1nc2cccnc2n1C1CCN(C(C)CCc2ccc(O)cc2)CC1. The number of piperidine rings is 1. The number of methoxy groups -OCH3 is 1. The Morgan fingerprint density at radius 2 is 1.93 bits per heavy atom. The summed E-state index contributed by atoms with van der Waals surface area (Å²) in [5.41, 5.74) is 3.20. The van der Waals surface area contributed by atoms with E-state index in [1.54, 1.807) is 19.2 Å². The standard InChI is InChI=1S/C23H30N4O2/c1-17(5-6-18-7-9-20(28)10-8-18)26-14-11-19(12-15-26)27-22(16-29-2)25-21-4-3-13-24-23(21)27/h3-4,7-10,13,17,19,28H,5-6,11-12,14-16H2,1-2H3. The molecule has 0 radical (unpaired) electrons. The highest BCUT2D eigenvalue weighted by atomic mass is 16.5. The number of ether oxygens (including phenoxy) is 1. The molecule has 3 aromatic rings. The van der Waals surface area contributed by atoms with Gasteiger partial charge in [-0.1, -0.05) is 12.1 Å². The van der Waals surface area contributed by atoms with Gasteiger partial charge in [-0.3, -0.25) is 0 Å². The van der Waals surface area contributed by atoms with E-state index in [1.165, 1.54) is 5.56 Å². The Kier molecular flexibility index (Phi) is 6.11. The second-order valence-corrected chi connectivity index (χ2v) is 8.00. The number of hydrogen-bond donors (Lipinski definition) is 1. The van der Waals surface area contributed by atoms with Crippen molar-refractivity contribution in [2.75, 3.05) is 20.2 Å². The van der Waals surface area contributed by atoms with E-state index in [2.05, 4.69) is 21.4 Å². The normalized spacial score (nSPS) is 17.0. The highest BCUT2D eigenvalue weighted by Gasteiger charge is 2.27. The van der Waals surface area contributed by atoms with Crippen LogP contribution in [0.5, 0.6) is 5.75 Å². The van der Waals surface area contributed by atoms with Gasteiger partial charge in [0, 0.05) is 38.5 Å². The third-order valence-corrected chi connectivity index (χ3v) is 6.07. The minimum atomic E-state index is 0.332. The zero-order valence-corrected chi connectivity index (χ0v) is 17.3. The lowest BCUT2D eigenvalue weighted by Crippen LogP contribution is -2.41. The molecule has 3 heterocycles. The molecule has 29 heavy (non-hydrogen) atoms. The van der Waals surface area contributed by atoms with Crippen molar-refractivity contribution in [3.63, 3.8) is 0 Å². The molecule has 1 unspecified atom stereocenters. The van der Waals surface area contributed by atoms with Crippen molar-refractivity contribution in [2.45, 2.75) is 51.3 Å². The minimum absolute atomic E-state index is 0.332. The van der Waals surface area contributed by atoms with E-state index in [1.807, 2.05) is 30.5 Å². The summed E-state index contributed by atoms with van der Waals surface area (Å²) in [6, 6.07) is 12.5. The number of fused-ring (bicyclic) bond motifs is 1. The van der Waals surface area contributed by atoms with Gasteiger partial charge in [0.15, 0.2) is 5.65 Å². The lowest BCUT2D eigenvalue weighted by molar-refractivity contribution is 0.131. The maximum absolute atomic E-state index is 9.43. The smallest absolute Gasteiger partial charge is 0.160 e. The Bertz CT molecular complexity index is 930. The summed E-state index contributed by atoms with van der Waals surface area (Å²) in [5, 5.41) is 9.43. The van der Waals surface area contributed by atoms with Crippen LogP contribution in [0.3, 0.4) is 0 Å². The van der Waals surface area contributed by atoms with E-state index in [0.29, 0.717) is 24.4 Å². The fourth-order valence-electron chi connectivity index (χ4n) is 4.40. The summed E-state index contributed by atoms with van der Waals surface area (Å²) in [6.07, 6.45) is 6.21. The van der Waals surface area contributed by atoms with Crippen molar-refractivity contribution in [3.8, 4) is 5.75 Å². The quantitative estimate of drug-likeness (QED) is 0.658. The van der Waals surface area contributed by atoms with Crippen LogP contribution in [-0.2, 0) is 17.8 Å². The van der Waals surface area contributed by atoms with E-state index < -0.39 is 0 Å². The molecule has 1 N–H and O–H groups in total. The first kappa shape index (κ1) is 19.9. The molecule has 2 aromatic heterocycles. The topological polar surface area (TPSA) is 63.4 Å². The first-order chi connectivity index (χ1) is 14.2. The molecule has 1 aliphatic rings. The third kappa shape index (κ3) is 4.43. The molecular weight excluding hydrogens is 364 g/mol. The van der Waals surface area contributed by atoms with Crippen LogP contribution in [-0.4, -0.2) is 50.8 Å². The number of benzene rings is 1. The molecule has 6 nitrogen and oxygen atoms in total. The van der Waals surface area contributed by atoms with Crippen LogP contribution in [0.15, 0.2) is 42.6 Å². The van der Waals surface area contributed by atoms with E-state index >= 15 is 0 Å². The van der Waals surface area contributed by atoms with Gasteiger partial charge in [0.1, 0.15) is 23.7 Å². The van der Waals surface area contributed by atoms with E-state index in [0.717, 1.165) is 55.8 Å². The van der Waals surface area contributed by atoms with Crippen LogP contribution < -0.4 is 0 Å². The van der Waals surface area contributed by atoms with Gasteiger partial charge in [-0.05, 0) is 62.4 Å². The molecular formula is C23H30N4O2. The molecule has 1 aromatic carbocycles. The Morgan fingerprint density at radius 3 is 2.66 bits per heavy atom. The van der Waals surface area contributed by atoms with Gasteiger partial charge >= 0.3 is 0 Å². The fraction of sp³-hybridized carbons (Fsp3) is 0.478. The van der Waals surface area contributed by atoms with Crippen molar-refractivity contribution < 1.29 is 9.84 Å². The Labute approximate surface area is 172 Å². The summed E-state index contributed by atoms with van der Waals surface area (Å²) in [5.74, 6) is 1.30. The number of aromatic nitrogens is 3. The number of pyridine rings is 1. The number of phenols is 1. The van der Waals surface area contributed by atoms with E-state index in [4.69, 9.17) is 9.72 Å². The van der Waals surface area contributed by atoms with Crippen LogP contribution in [0.2, 0.25) is 0 Å². The number of phenolic OH excluding ortho intramolecular Hbond substituents is 1. The monoisotopic (exact) mass is 394 g/mol. The fourth-order valence-corrected chi connectivity index (χ4v) is 4.40. The summed E-state index contributed by atoms with van der Waals surface area (Å²) in [6.45, 7) is 5.01. The van der Waals surface area contributed by atoms with Crippen molar-refractivity contribution in [1.82, 2.24) is 19.4 Å². The number of rotatable bonds is 7. The first-order valence-corrected chi connectivity index (χ1v) is 10.5. The Hall–Kier alpha value is -2.44. The highest BCUT2D eigenvalue weighted by Crippen LogP contribution is 2.29. The van der Waals surface area contributed by atoms with E-state index in [9.17, 15) is 5.11 Å². The molecule has 0 saturated carbocycles. The van der Waals surface area contributed by atoms with Gasteiger partial charge in [-0.15, -0.1) is 0 Å². The molecule has 1 atom stereocenters. The molecule has 0 bridgehead atoms. The lowest BCUT2D eigenvalue weighted by atomic mass is 10.00. The van der Waals surface area contributed by atoms with Crippen molar-refractivity contribution in [2.24, 2.45) is 0 Å². The number of likely N-dealkylation sites (tertiary alicyclic amines) is 1. The van der Waals surface area contributed by atoms with Crippen molar-refractivity contribution in [1.29, 1.82) is 0 Å². The molecule has 6 heteroatoms. The first-order valence-electron chi connectivity index (χ1n) is 10.5. The molecule has 1 saturated heterocycles. The van der Waals surface area contributed by atoms with Gasteiger partial charge in [0.05, 0.1) is 0 Å². The second-order valence-electron chi connectivity index (χ2n) is 8.00. The molecule has 0 aliphatic carbocycles. The van der Waals surface area contributed by atoms with Crippen LogP contribution >= 0.6 is 0 Å². The predicted octanol–water partition coefficient (Wildman–Crippen LogP) is 3.94. The predicted molar refractivity (Wildman–Crippen MR) is 114 cm³/mol. The maximum atomic E-state index is 9.43. The zero-order chi connectivity index (χ0) is 20.2. The van der Waals surface area contributed by atoms with Crippen LogP contribution in [0.25, 0.3) is 11.2 Å². The van der Waals surface area contributed by atoms with Gasteiger partial charge < -0.3 is 19.3 Å². The molecule has 1 fully saturated rings. The summed E-state index contributed by atoms with van der Waals surface area (Å²) >= 11 is 0. The lowest BCUT2D eigenvalue weighted by Gasteiger charge is -2.37. The van der Waals surface area contributed by atoms with E-state index in [-0.39, 0.29) is 0 Å². The Balaban J connectivity index is 1.38. The number of imidazole rings is 1. The number of nitrogens with zero attached hydrogens (tertiary/aromatic N) is 4. The average molecular weight is 395 g/mol. The third-order valence-electron chi connectivity index (χ3n) is 6.07. The maximum Gasteiger partial charge on any atom is 0.160 e. The van der Waals surface area contributed by atoms with Crippen molar-refractivity contribution in [3.05, 3.63) is 54.0 Å². The van der Waals surface area contributed by atoms with Crippen LogP contribution in [0.4, 0.5) is 0 Å². The Morgan fingerprint density at radius 1 is 1.17 bits per heavy atom. The van der Waals surface area contributed by atoms with Gasteiger partial charge in [0.2, 0.25) is 0 Å². The van der Waals surface area contributed by atoms with Gasteiger partial charge in [-0.2, -0.15) is 0 Å². The van der Waals surface area contributed by atoms with Crippen molar-refractivity contribution >= 4 is 11.2 Å². The molecule has 1 aliphatic heterocycles. The second kappa shape index (κ2) is 8.93. The van der Waals surface area contributed by atoms with Crippen LogP contribution in [0, 0.1) is 0 Å². The minimum Gasteiger partial charge on any atom is -0.508 e. The number of aryl methyl sites for hydroxylation is 1. The molecule has 0 amide bonds. The summed E-state index contributed by atoms with van der Waals surface area (Å²) in [7, 11) is 1.72. The summed E-state index contributed by atoms with van der Waals surface area (Å²) < 4.78 is 7.70. The number of aromatic hydroxyl groups is 1. The molecule has 154 valence electrons. The average Bonchev–Trinajstić information content (AvgIpc) is 3.11.